The molecule has 0 saturated carbocycles. The van der Waals surface area contributed by atoms with Crippen LogP contribution in [0.4, 0.5) is 0 Å². The van der Waals surface area contributed by atoms with Gasteiger partial charge < -0.3 is 24.7 Å². The summed E-state index contributed by atoms with van der Waals surface area (Å²) < 4.78 is 21.1. The Morgan fingerprint density at radius 3 is 1.78 bits per heavy atom. The van der Waals surface area contributed by atoms with Crippen molar-refractivity contribution in [2.45, 2.75) is 19.8 Å². The molecule has 23 heavy (non-hydrogen) atoms. The van der Waals surface area contributed by atoms with Crippen LogP contribution in [0.1, 0.15) is 19.8 Å². The maximum atomic E-state index is 11.4. The van der Waals surface area contributed by atoms with Crippen molar-refractivity contribution in [1.29, 1.82) is 0 Å². The van der Waals surface area contributed by atoms with Crippen LogP contribution in [0.25, 0.3) is 0 Å². The molecule has 0 spiro atoms. The Labute approximate surface area is 142 Å². The van der Waals surface area contributed by atoms with E-state index in [0.29, 0.717) is 72.2 Å². The number of thioether (sulfide) groups is 1. The molecule has 136 valence electrons. The molecule has 0 rings (SSSR count). The third-order valence-electron chi connectivity index (χ3n) is 2.56. The molecular weight excluding hydrogens is 322 g/mol. The molecule has 0 atom stereocenters. The van der Waals surface area contributed by atoms with Crippen molar-refractivity contribution in [2.24, 2.45) is 5.73 Å². The first-order valence-electron chi connectivity index (χ1n) is 7.83. The number of ether oxygens (including phenoxy) is 4. The average Bonchev–Trinajstić information content (AvgIpc) is 2.53. The molecule has 0 radical (unpaired) electrons. The molecule has 2 N–H and O–H groups in total. The van der Waals surface area contributed by atoms with E-state index in [-0.39, 0.29) is 16.7 Å². The Hall–Kier alpha value is -0.510. The normalized spacial score (nSPS) is 10.9. The molecule has 0 saturated heterocycles. The van der Waals surface area contributed by atoms with Gasteiger partial charge in [-0.25, -0.2) is 0 Å². The summed E-state index contributed by atoms with van der Waals surface area (Å²) in [4.78, 5) is 22.1. The fraction of sp³-hybridized carbons (Fsp3) is 0.867. The first-order valence-corrected chi connectivity index (χ1v) is 8.81. The van der Waals surface area contributed by atoms with Gasteiger partial charge in [-0.05, 0) is 6.42 Å². The number of Topliss-reactive ketones (excluding diaryl/α,β-unsaturated/α-hetero) is 1. The molecule has 8 heteroatoms. The number of nitrogens with two attached hydrogens (primary N) is 1. The molecule has 0 aromatic heterocycles. The van der Waals surface area contributed by atoms with E-state index in [4.69, 9.17) is 24.7 Å². The van der Waals surface area contributed by atoms with Crippen LogP contribution in [0.3, 0.4) is 0 Å². The van der Waals surface area contributed by atoms with Crippen molar-refractivity contribution in [3.63, 3.8) is 0 Å². The standard InChI is InChI=1S/C15H29NO6S/c1-14(17)23-13-15(18)3-2-5-19-7-9-21-11-12-22-10-8-20-6-4-16/h2-13,16H2,1H3. The zero-order valence-electron chi connectivity index (χ0n) is 13.9. The van der Waals surface area contributed by atoms with Crippen molar-refractivity contribution in [3.05, 3.63) is 0 Å². The smallest absolute Gasteiger partial charge is 0.186 e. The highest BCUT2D eigenvalue weighted by atomic mass is 32.2. The Kier molecular flexibility index (Phi) is 17.4. The fourth-order valence-corrected chi connectivity index (χ4v) is 1.98. The highest BCUT2D eigenvalue weighted by molar-refractivity contribution is 8.14. The minimum absolute atomic E-state index is 0.0289. The maximum Gasteiger partial charge on any atom is 0.186 e. The zero-order valence-corrected chi connectivity index (χ0v) is 14.7. The average molecular weight is 351 g/mol. The van der Waals surface area contributed by atoms with Crippen LogP contribution in [0, 0.1) is 0 Å². The van der Waals surface area contributed by atoms with Gasteiger partial charge in [-0.3, -0.25) is 9.59 Å². The van der Waals surface area contributed by atoms with Gasteiger partial charge in [0.1, 0.15) is 5.78 Å². The van der Waals surface area contributed by atoms with Crippen LogP contribution >= 0.6 is 11.8 Å². The summed E-state index contributed by atoms with van der Waals surface area (Å²) in [5, 5.41) is -0.0289. The van der Waals surface area contributed by atoms with Gasteiger partial charge in [0.05, 0.1) is 52.0 Å². The van der Waals surface area contributed by atoms with Crippen molar-refractivity contribution in [1.82, 2.24) is 0 Å². The Balaban J connectivity index is 3.10. The van der Waals surface area contributed by atoms with E-state index in [1.807, 2.05) is 0 Å². The molecule has 0 bridgehead atoms. The molecule has 0 heterocycles. The van der Waals surface area contributed by atoms with Crippen molar-refractivity contribution in [3.8, 4) is 0 Å². The highest BCUT2D eigenvalue weighted by Crippen LogP contribution is 2.04. The summed E-state index contributed by atoms with van der Waals surface area (Å²) in [5.74, 6) is 0.341. The highest BCUT2D eigenvalue weighted by Gasteiger charge is 2.04. The maximum absolute atomic E-state index is 11.4. The van der Waals surface area contributed by atoms with Gasteiger partial charge in [-0.2, -0.15) is 0 Å². The third-order valence-corrected chi connectivity index (χ3v) is 3.43. The predicted molar refractivity (Wildman–Crippen MR) is 89.7 cm³/mol. The number of hydrogen-bond acceptors (Lipinski definition) is 8. The van der Waals surface area contributed by atoms with Gasteiger partial charge in [0.2, 0.25) is 0 Å². The summed E-state index contributed by atoms with van der Waals surface area (Å²) in [5.41, 5.74) is 5.28. The SMILES string of the molecule is CC(=O)SCC(=O)CCCOCCOCCOCCOCCN. The number of rotatable bonds is 17. The van der Waals surface area contributed by atoms with Gasteiger partial charge in [0.25, 0.3) is 0 Å². The van der Waals surface area contributed by atoms with E-state index in [2.05, 4.69) is 0 Å². The first kappa shape index (κ1) is 22.5. The van der Waals surface area contributed by atoms with E-state index < -0.39 is 0 Å². The Bertz CT molecular complexity index is 304. The molecule has 0 fully saturated rings. The summed E-state index contributed by atoms with van der Waals surface area (Å²) in [6.45, 7) is 6.18. The molecule has 0 aliphatic rings. The summed E-state index contributed by atoms with van der Waals surface area (Å²) in [6.07, 6.45) is 1.12. The van der Waals surface area contributed by atoms with E-state index in [9.17, 15) is 9.59 Å². The monoisotopic (exact) mass is 351 g/mol. The van der Waals surface area contributed by atoms with Gasteiger partial charge >= 0.3 is 0 Å². The second kappa shape index (κ2) is 17.8. The molecule has 0 amide bonds. The lowest BCUT2D eigenvalue weighted by Gasteiger charge is -2.07. The summed E-state index contributed by atoms with van der Waals surface area (Å²) in [6, 6.07) is 0. The number of ketones is 1. The lowest BCUT2D eigenvalue weighted by molar-refractivity contribution is -0.117. The zero-order chi connectivity index (χ0) is 17.2. The molecule has 7 nitrogen and oxygen atoms in total. The van der Waals surface area contributed by atoms with E-state index in [0.717, 1.165) is 11.8 Å². The summed E-state index contributed by atoms with van der Waals surface area (Å²) >= 11 is 1.05. The van der Waals surface area contributed by atoms with Crippen LogP contribution in [0.5, 0.6) is 0 Å². The van der Waals surface area contributed by atoms with Gasteiger partial charge in [-0.15, -0.1) is 0 Å². The lowest BCUT2D eigenvalue weighted by atomic mass is 10.2. The molecule has 0 unspecified atom stereocenters. The number of carbonyl (C=O) groups is 2. The van der Waals surface area contributed by atoms with Crippen LogP contribution in [-0.2, 0) is 28.5 Å². The molecular formula is C15H29NO6S. The third kappa shape index (κ3) is 19.4. The Morgan fingerprint density at radius 1 is 0.826 bits per heavy atom. The van der Waals surface area contributed by atoms with Crippen molar-refractivity contribution in [2.75, 3.05) is 65.2 Å². The Morgan fingerprint density at radius 2 is 1.30 bits per heavy atom. The number of carbonyl (C=O) groups excluding carboxylic acids is 2. The second-order valence-corrected chi connectivity index (χ2v) is 5.81. The molecule has 0 aromatic rings. The molecule has 0 aromatic carbocycles. The largest absolute Gasteiger partial charge is 0.379 e. The first-order chi connectivity index (χ1) is 11.2. The molecule has 0 aliphatic carbocycles. The summed E-state index contributed by atoms with van der Waals surface area (Å²) in [7, 11) is 0. The topological polar surface area (TPSA) is 97.1 Å². The predicted octanol–water partition coefficient (Wildman–Crippen LogP) is 0.641. The van der Waals surface area contributed by atoms with Gasteiger partial charge in [-0.1, -0.05) is 11.8 Å². The quantitative estimate of drug-likeness (QED) is 0.381. The second-order valence-electron chi connectivity index (χ2n) is 4.66. The fourth-order valence-electron chi connectivity index (χ4n) is 1.47. The van der Waals surface area contributed by atoms with Crippen molar-refractivity contribution >= 4 is 22.7 Å². The van der Waals surface area contributed by atoms with E-state index in [1.165, 1.54) is 6.92 Å². The van der Waals surface area contributed by atoms with Crippen LogP contribution in [0.15, 0.2) is 0 Å². The van der Waals surface area contributed by atoms with Gasteiger partial charge in [0.15, 0.2) is 5.12 Å². The van der Waals surface area contributed by atoms with Gasteiger partial charge in [0, 0.05) is 26.5 Å². The van der Waals surface area contributed by atoms with Crippen LogP contribution < -0.4 is 5.73 Å². The minimum Gasteiger partial charge on any atom is -0.379 e. The van der Waals surface area contributed by atoms with E-state index >= 15 is 0 Å². The molecule has 0 aliphatic heterocycles. The number of hydrogen-bond donors (Lipinski definition) is 1. The minimum atomic E-state index is -0.0289. The van der Waals surface area contributed by atoms with Crippen LogP contribution in [0.2, 0.25) is 0 Å². The van der Waals surface area contributed by atoms with Crippen molar-refractivity contribution < 1.29 is 28.5 Å². The van der Waals surface area contributed by atoms with E-state index in [1.54, 1.807) is 0 Å². The lowest BCUT2D eigenvalue weighted by Crippen LogP contribution is -2.14. The van der Waals surface area contributed by atoms with Crippen LogP contribution in [-0.4, -0.2) is 76.1 Å².